The summed E-state index contributed by atoms with van der Waals surface area (Å²) in [7, 11) is 0. The van der Waals surface area contributed by atoms with E-state index in [0.717, 1.165) is 0 Å². The van der Waals surface area contributed by atoms with Gasteiger partial charge in [-0.2, -0.15) is 0 Å². The van der Waals surface area contributed by atoms with Gasteiger partial charge in [-0.15, -0.1) is 0 Å². The molecule has 0 radical (unpaired) electrons. The number of hydrogen-bond donors (Lipinski definition) is 2. The van der Waals surface area contributed by atoms with Crippen molar-refractivity contribution in [3.05, 3.63) is 29.3 Å². The molecule has 2 rings (SSSR count). The minimum Gasteiger partial charge on any atom is -0.480 e. The third-order valence-corrected chi connectivity index (χ3v) is 4.12. The molecule has 2 unspecified atom stereocenters. The van der Waals surface area contributed by atoms with Crippen molar-refractivity contribution in [3.8, 4) is 0 Å². The van der Waals surface area contributed by atoms with E-state index in [1.54, 1.807) is 38.1 Å². The number of benzene rings is 1. The molecule has 0 spiro atoms. The predicted octanol–water partition coefficient (Wildman–Crippen LogP) is 1.92. The average molecular weight is 339 g/mol. The molecular formula is C16H19ClN2O4. The maximum Gasteiger partial charge on any atom is 0.326 e. The number of rotatable bonds is 5. The van der Waals surface area contributed by atoms with Crippen LogP contribution in [0.3, 0.4) is 0 Å². The zero-order valence-corrected chi connectivity index (χ0v) is 13.7. The number of amides is 2. The molecule has 1 aliphatic heterocycles. The van der Waals surface area contributed by atoms with Crippen LogP contribution in [0.15, 0.2) is 24.3 Å². The SMILES string of the molecule is CC(C)C(NC(=O)C1CC(=O)N(c2ccc(Cl)cc2)C1)C(=O)O. The quantitative estimate of drug-likeness (QED) is 0.858. The molecule has 0 aromatic heterocycles. The van der Waals surface area contributed by atoms with Crippen LogP contribution in [0.4, 0.5) is 5.69 Å². The molecule has 1 fully saturated rings. The topological polar surface area (TPSA) is 86.7 Å². The fourth-order valence-electron chi connectivity index (χ4n) is 2.54. The van der Waals surface area contributed by atoms with Crippen LogP contribution >= 0.6 is 11.6 Å². The van der Waals surface area contributed by atoms with E-state index in [1.165, 1.54) is 4.90 Å². The highest BCUT2D eigenvalue weighted by molar-refractivity contribution is 6.30. The van der Waals surface area contributed by atoms with Crippen molar-refractivity contribution >= 4 is 35.1 Å². The molecule has 0 saturated carbocycles. The third kappa shape index (κ3) is 4.01. The van der Waals surface area contributed by atoms with Gasteiger partial charge >= 0.3 is 5.97 Å². The summed E-state index contributed by atoms with van der Waals surface area (Å²) in [5.74, 6) is -2.44. The highest BCUT2D eigenvalue weighted by Crippen LogP contribution is 2.26. The van der Waals surface area contributed by atoms with Crippen molar-refractivity contribution in [1.82, 2.24) is 5.32 Å². The molecular weight excluding hydrogens is 320 g/mol. The number of nitrogens with one attached hydrogen (secondary N) is 1. The Hall–Kier alpha value is -2.08. The lowest BCUT2D eigenvalue weighted by atomic mass is 10.0. The van der Waals surface area contributed by atoms with Crippen molar-refractivity contribution in [2.75, 3.05) is 11.4 Å². The summed E-state index contributed by atoms with van der Waals surface area (Å²) in [5.41, 5.74) is 0.674. The normalized spacial score (nSPS) is 19.0. The Kier molecular flexibility index (Phi) is 5.26. The Bertz CT molecular complexity index is 615. The summed E-state index contributed by atoms with van der Waals surface area (Å²) < 4.78 is 0. The summed E-state index contributed by atoms with van der Waals surface area (Å²) in [4.78, 5) is 37.1. The number of carbonyl (C=O) groups is 3. The van der Waals surface area contributed by atoms with Crippen molar-refractivity contribution in [1.29, 1.82) is 0 Å². The minimum absolute atomic E-state index is 0.0683. The minimum atomic E-state index is -1.08. The first-order valence-electron chi connectivity index (χ1n) is 7.38. The third-order valence-electron chi connectivity index (χ3n) is 3.86. The van der Waals surface area contributed by atoms with Gasteiger partial charge in [-0.3, -0.25) is 9.59 Å². The zero-order chi connectivity index (χ0) is 17.1. The van der Waals surface area contributed by atoms with Crippen LogP contribution in [0.1, 0.15) is 20.3 Å². The molecule has 7 heteroatoms. The molecule has 2 atom stereocenters. The summed E-state index contributed by atoms with van der Waals surface area (Å²) in [5, 5.41) is 12.2. The Morgan fingerprint density at radius 2 is 1.91 bits per heavy atom. The van der Waals surface area contributed by atoms with Gasteiger partial charge in [0.05, 0.1) is 5.92 Å². The van der Waals surface area contributed by atoms with Gasteiger partial charge in [-0.1, -0.05) is 25.4 Å². The van der Waals surface area contributed by atoms with E-state index < -0.39 is 23.8 Å². The fraction of sp³-hybridized carbons (Fsp3) is 0.438. The molecule has 0 bridgehead atoms. The first-order valence-corrected chi connectivity index (χ1v) is 7.76. The van der Waals surface area contributed by atoms with Gasteiger partial charge in [0, 0.05) is 23.7 Å². The molecule has 6 nitrogen and oxygen atoms in total. The van der Waals surface area contributed by atoms with Gasteiger partial charge in [0.25, 0.3) is 0 Å². The second-order valence-corrected chi connectivity index (χ2v) is 6.39. The van der Waals surface area contributed by atoms with Gasteiger partial charge in [-0.25, -0.2) is 4.79 Å². The van der Waals surface area contributed by atoms with Gasteiger partial charge in [0.2, 0.25) is 11.8 Å². The largest absolute Gasteiger partial charge is 0.480 e. The molecule has 2 N–H and O–H groups in total. The number of anilines is 1. The summed E-state index contributed by atoms with van der Waals surface area (Å²) >= 11 is 5.83. The lowest BCUT2D eigenvalue weighted by Crippen LogP contribution is -2.47. The number of aliphatic carboxylic acids is 1. The van der Waals surface area contributed by atoms with Crippen LogP contribution < -0.4 is 10.2 Å². The molecule has 1 heterocycles. The molecule has 0 aliphatic carbocycles. The zero-order valence-electron chi connectivity index (χ0n) is 13.0. The van der Waals surface area contributed by atoms with E-state index in [9.17, 15) is 14.4 Å². The molecule has 124 valence electrons. The van der Waals surface area contributed by atoms with E-state index in [2.05, 4.69) is 5.32 Å². The first-order chi connectivity index (χ1) is 10.8. The Morgan fingerprint density at radius 3 is 2.43 bits per heavy atom. The number of carboxylic acids is 1. The molecule has 1 aromatic rings. The van der Waals surface area contributed by atoms with Gasteiger partial charge in [0.1, 0.15) is 6.04 Å². The van der Waals surface area contributed by atoms with Gasteiger partial charge < -0.3 is 15.3 Å². The number of nitrogens with zero attached hydrogens (tertiary/aromatic N) is 1. The maximum absolute atomic E-state index is 12.3. The lowest BCUT2D eigenvalue weighted by molar-refractivity contribution is -0.143. The van der Waals surface area contributed by atoms with Crippen LogP contribution in [0.25, 0.3) is 0 Å². The van der Waals surface area contributed by atoms with E-state index in [-0.39, 0.29) is 24.8 Å². The van der Waals surface area contributed by atoms with Crippen molar-refractivity contribution < 1.29 is 19.5 Å². The lowest BCUT2D eigenvalue weighted by Gasteiger charge is -2.20. The van der Waals surface area contributed by atoms with E-state index in [4.69, 9.17) is 16.7 Å². The molecule has 1 aliphatic rings. The molecule has 1 saturated heterocycles. The summed E-state index contributed by atoms with van der Waals surface area (Å²) in [6.07, 6.45) is 0.0683. The van der Waals surface area contributed by atoms with Crippen LogP contribution in [0, 0.1) is 11.8 Å². The highest BCUT2D eigenvalue weighted by Gasteiger charge is 2.37. The Labute approximate surface area is 139 Å². The average Bonchev–Trinajstić information content (AvgIpc) is 2.86. The van der Waals surface area contributed by atoms with E-state index in [1.807, 2.05) is 0 Å². The van der Waals surface area contributed by atoms with Gasteiger partial charge in [-0.05, 0) is 30.2 Å². The number of hydrogen-bond acceptors (Lipinski definition) is 3. The molecule has 23 heavy (non-hydrogen) atoms. The van der Waals surface area contributed by atoms with Crippen LogP contribution in [-0.4, -0.2) is 35.5 Å². The van der Waals surface area contributed by atoms with Crippen LogP contribution in [0.5, 0.6) is 0 Å². The van der Waals surface area contributed by atoms with Crippen LogP contribution in [-0.2, 0) is 14.4 Å². The number of carboxylic acid groups (broad SMARTS) is 1. The van der Waals surface area contributed by atoms with E-state index in [0.29, 0.717) is 10.7 Å². The highest BCUT2D eigenvalue weighted by atomic mass is 35.5. The second kappa shape index (κ2) is 7.00. The first kappa shape index (κ1) is 17.3. The Balaban J connectivity index is 2.05. The fourth-order valence-corrected chi connectivity index (χ4v) is 2.66. The monoisotopic (exact) mass is 338 g/mol. The van der Waals surface area contributed by atoms with Gasteiger partial charge in [0.15, 0.2) is 0 Å². The maximum atomic E-state index is 12.3. The summed E-state index contributed by atoms with van der Waals surface area (Å²) in [6, 6.07) is 5.83. The van der Waals surface area contributed by atoms with Crippen LogP contribution in [0.2, 0.25) is 5.02 Å². The molecule has 1 aromatic carbocycles. The summed E-state index contributed by atoms with van der Waals surface area (Å²) in [6.45, 7) is 3.68. The number of halogens is 1. The Morgan fingerprint density at radius 1 is 1.30 bits per heavy atom. The van der Waals surface area contributed by atoms with Crippen molar-refractivity contribution in [3.63, 3.8) is 0 Å². The number of carbonyl (C=O) groups excluding carboxylic acids is 2. The smallest absolute Gasteiger partial charge is 0.326 e. The molecule has 2 amide bonds. The predicted molar refractivity (Wildman–Crippen MR) is 86.3 cm³/mol. The standard InChI is InChI=1S/C16H19ClN2O4/c1-9(2)14(16(22)23)18-15(21)10-7-13(20)19(8-10)12-5-3-11(17)4-6-12/h3-6,9-10,14H,7-8H2,1-2H3,(H,18,21)(H,22,23). The van der Waals surface area contributed by atoms with Crippen molar-refractivity contribution in [2.24, 2.45) is 11.8 Å². The van der Waals surface area contributed by atoms with E-state index >= 15 is 0 Å². The van der Waals surface area contributed by atoms with Crippen molar-refractivity contribution in [2.45, 2.75) is 26.3 Å². The second-order valence-electron chi connectivity index (χ2n) is 5.95.